The fourth-order valence-corrected chi connectivity index (χ4v) is 2.25. The average molecular weight is 288 g/mol. The minimum Gasteiger partial charge on any atom is -0.478 e. The van der Waals surface area contributed by atoms with E-state index in [2.05, 4.69) is 4.98 Å². The Morgan fingerprint density at radius 1 is 1.24 bits per heavy atom. The van der Waals surface area contributed by atoms with Gasteiger partial charge in [-0.3, -0.25) is 4.57 Å². The second-order valence-corrected chi connectivity index (χ2v) is 4.62. The van der Waals surface area contributed by atoms with Gasteiger partial charge in [-0.05, 0) is 30.7 Å². The molecule has 0 spiro atoms. The van der Waals surface area contributed by atoms with E-state index in [9.17, 15) is 13.6 Å². The molecular weight excluding hydrogens is 278 g/mol. The molecule has 0 saturated heterocycles. The highest BCUT2D eigenvalue weighted by Gasteiger charge is 2.18. The van der Waals surface area contributed by atoms with E-state index >= 15 is 0 Å². The molecule has 0 unspecified atom stereocenters. The van der Waals surface area contributed by atoms with E-state index in [0.29, 0.717) is 11.1 Å². The van der Waals surface area contributed by atoms with Gasteiger partial charge in [0.2, 0.25) is 0 Å². The Labute approximate surface area is 118 Å². The third-order valence-electron chi connectivity index (χ3n) is 3.31. The van der Waals surface area contributed by atoms with Crippen molar-refractivity contribution < 1.29 is 18.7 Å². The van der Waals surface area contributed by atoms with Crippen LogP contribution in [0.3, 0.4) is 0 Å². The first kappa shape index (κ1) is 13.2. The number of imidazole rings is 1. The van der Waals surface area contributed by atoms with E-state index in [4.69, 9.17) is 5.11 Å². The van der Waals surface area contributed by atoms with Crippen molar-refractivity contribution in [3.05, 3.63) is 59.4 Å². The monoisotopic (exact) mass is 288 g/mol. The molecule has 0 aliphatic carbocycles. The molecule has 0 aliphatic rings. The van der Waals surface area contributed by atoms with Crippen LogP contribution in [0.4, 0.5) is 8.78 Å². The molecule has 0 aliphatic heterocycles. The average Bonchev–Trinajstić information content (AvgIpc) is 2.87. The maximum Gasteiger partial charge on any atom is 0.337 e. The molecule has 0 bridgehead atoms. The van der Waals surface area contributed by atoms with E-state index in [0.717, 1.165) is 0 Å². The molecule has 3 rings (SSSR count). The number of hydrogen-bond acceptors (Lipinski definition) is 2. The molecule has 1 aromatic heterocycles. The van der Waals surface area contributed by atoms with Gasteiger partial charge >= 0.3 is 5.97 Å². The van der Waals surface area contributed by atoms with E-state index < -0.39 is 17.6 Å². The maximum absolute atomic E-state index is 14.2. The van der Waals surface area contributed by atoms with Gasteiger partial charge in [0.15, 0.2) is 5.82 Å². The summed E-state index contributed by atoms with van der Waals surface area (Å²) >= 11 is 0. The largest absolute Gasteiger partial charge is 0.478 e. The van der Waals surface area contributed by atoms with Crippen molar-refractivity contribution in [1.82, 2.24) is 9.55 Å². The van der Waals surface area contributed by atoms with Gasteiger partial charge in [-0.15, -0.1) is 0 Å². The number of benzene rings is 2. The van der Waals surface area contributed by atoms with Crippen LogP contribution in [-0.2, 0) is 0 Å². The lowest BCUT2D eigenvalue weighted by Gasteiger charge is -2.09. The van der Waals surface area contributed by atoms with Gasteiger partial charge in [0.25, 0.3) is 0 Å². The van der Waals surface area contributed by atoms with Gasteiger partial charge in [-0.2, -0.15) is 0 Å². The molecule has 106 valence electrons. The standard InChI is InChI=1S/C15H10F2N2O2/c1-8-5-6-10(16)14(12(8)17)19-7-18-13-9(15(20)21)3-2-4-11(13)19/h2-7H,1H3,(H,20,21). The summed E-state index contributed by atoms with van der Waals surface area (Å²) in [6.45, 7) is 1.53. The van der Waals surface area contributed by atoms with E-state index in [1.165, 1.54) is 42.1 Å². The van der Waals surface area contributed by atoms with Crippen LogP contribution in [0.25, 0.3) is 16.7 Å². The highest BCUT2D eigenvalue weighted by molar-refractivity contribution is 6.01. The summed E-state index contributed by atoms with van der Waals surface area (Å²) in [5.41, 5.74) is 0.533. The lowest BCUT2D eigenvalue weighted by Crippen LogP contribution is -2.03. The SMILES string of the molecule is Cc1ccc(F)c(-n2cnc3c(C(=O)O)cccc32)c1F. The molecule has 1 N–H and O–H groups in total. The second-order valence-electron chi connectivity index (χ2n) is 4.62. The molecule has 4 nitrogen and oxygen atoms in total. The van der Waals surface area contributed by atoms with Gasteiger partial charge in [-0.25, -0.2) is 18.6 Å². The molecule has 0 fully saturated rings. The van der Waals surface area contributed by atoms with Crippen molar-refractivity contribution in [3.8, 4) is 5.69 Å². The van der Waals surface area contributed by atoms with E-state index in [-0.39, 0.29) is 16.8 Å². The number of para-hydroxylation sites is 1. The van der Waals surface area contributed by atoms with Crippen molar-refractivity contribution in [2.75, 3.05) is 0 Å². The summed E-state index contributed by atoms with van der Waals surface area (Å²) in [6.07, 6.45) is 1.22. The van der Waals surface area contributed by atoms with Crippen LogP contribution < -0.4 is 0 Å². The summed E-state index contributed by atoms with van der Waals surface area (Å²) in [6, 6.07) is 6.98. The number of fused-ring (bicyclic) bond motifs is 1. The zero-order chi connectivity index (χ0) is 15.1. The Bertz CT molecular complexity index is 871. The number of hydrogen-bond donors (Lipinski definition) is 1. The van der Waals surface area contributed by atoms with Crippen LogP contribution in [0.15, 0.2) is 36.7 Å². The number of aromatic carboxylic acids is 1. The van der Waals surface area contributed by atoms with Gasteiger partial charge in [0.1, 0.15) is 23.3 Å². The van der Waals surface area contributed by atoms with Crippen LogP contribution >= 0.6 is 0 Å². The number of halogens is 2. The minimum atomic E-state index is -1.14. The van der Waals surface area contributed by atoms with E-state index in [1.54, 1.807) is 6.07 Å². The van der Waals surface area contributed by atoms with Gasteiger partial charge < -0.3 is 5.11 Å². The molecule has 2 aromatic carbocycles. The number of aromatic nitrogens is 2. The summed E-state index contributed by atoms with van der Waals surface area (Å²) in [5, 5.41) is 9.12. The van der Waals surface area contributed by atoms with Gasteiger partial charge in [0, 0.05) is 0 Å². The Morgan fingerprint density at radius 2 is 2.00 bits per heavy atom. The molecule has 21 heavy (non-hydrogen) atoms. The lowest BCUT2D eigenvalue weighted by atomic mass is 10.1. The first-order valence-corrected chi connectivity index (χ1v) is 6.15. The molecule has 1 heterocycles. The zero-order valence-corrected chi connectivity index (χ0v) is 11.0. The fraction of sp³-hybridized carbons (Fsp3) is 0.0667. The molecule has 6 heteroatoms. The van der Waals surface area contributed by atoms with Crippen molar-refractivity contribution >= 4 is 17.0 Å². The molecule has 0 saturated carbocycles. The molecular formula is C15H10F2N2O2. The van der Waals surface area contributed by atoms with Crippen LogP contribution in [0.5, 0.6) is 0 Å². The smallest absolute Gasteiger partial charge is 0.337 e. The van der Waals surface area contributed by atoms with E-state index in [1.807, 2.05) is 0 Å². The minimum absolute atomic E-state index is 0.0141. The fourth-order valence-electron chi connectivity index (χ4n) is 2.25. The first-order valence-electron chi connectivity index (χ1n) is 6.15. The Balaban J connectivity index is 2.36. The van der Waals surface area contributed by atoms with Crippen LogP contribution in [0.2, 0.25) is 0 Å². The van der Waals surface area contributed by atoms with Crippen molar-refractivity contribution in [3.63, 3.8) is 0 Å². The number of carbonyl (C=O) groups is 1. The molecule has 3 aromatic rings. The topological polar surface area (TPSA) is 55.1 Å². The maximum atomic E-state index is 14.2. The number of carboxylic acid groups (broad SMARTS) is 1. The molecule has 0 radical (unpaired) electrons. The lowest BCUT2D eigenvalue weighted by molar-refractivity contribution is 0.0699. The number of rotatable bonds is 2. The Kier molecular flexibility index (Phi) is 2.94. The van der Waals surface area contributed by atoms with Gasteiger partial charge in [-0.1, -0.05) is 12.1 Å². The van der Waals surface area contributed by atoms with Crippen LogP contribution in [0, 0.1) is 18.6 Å². The third-order valence-corrected chi connectivity index (χ3v) is 3.31. The summed E-state index contributed by atoms with van der Waals surface area (Å²) in [7, 11) is 0. The normalized spacial score (nSPS) is 11.0. The highest BCUT2D eigenvalue weighted by Crippen LogP contribution is 2.26. The van der Waals surface area contributed by atoms with Crippen LogP contribution in [0.1, 0.15) is 15.9 Å². The Hall–Kier alpha value is -2.76. The van der Waals surface area contributed by atoms with Crippen molar-refractivity contribution in [2.24, 2.45) is 0 Å². The Morgan fingerprint density at radius 3 is 2.71 bits per heavy atom. The first-order chi connectivity index (χ1) is 10.0. The summed E-state index contributed by atoms with van der Waals surface area (Å²) in [4.78, 5) is 15.1. The highest BCUT2D eigenvalue weighted by atomic mass is 19.1. The zero-order valence-electron chi connectivity index (χ0n) is 11.0. The van der Waals surface area contributed by atoms with Crippen LogP contribution in [-0.4, -0.2) is 20.6 Å². The predicted octanol–water partition coefficient (Wildman–Crippen LogP) is 3.31. The predicted molar refractivity (Wildman–Crippen MR) is 72.7 cm³/mol. The quantitative estimate of drug-likeness (QED) is 0.787. The summed E-state index contributed by atoms with van der Waals surface area (Å²) in [5.74, 6) is -2.58. The number of carboxylic acids is 1. The second kappa shape index (κ2) is 4.66. The molecule has 0 amide bonds. The third kappa shape index (κ3) is 1.96. The number of aryl methyl sites for hydroxylation is 1. The number of nitrogens with zero attached hydrogens (tertiary/aromatic N) is 2. The molecule has 0 atom stereocenters. The summed E-state index contributed by atoms with van der Waals surface area (Å²) < 4.78 is 29.4. The van der Waals surface area contributed by atoms with Crippen molar-refractivity contribution in [1.29, 1.82) is 0 Å². The van der Waals surface area contributed by atoms with Gasteiger partial charge in [0.05, 0.1) is 11.1 Å². The van der Waals surface area contributed by atoms with Crippen molar-refractivity contribution in [2.45, 2.75) is 6.92 Å².